The van der Waals surface area contributed by atoms with E-state index in [0.29, 0.717) is 6.61 Å². The molecule has 0 atom stereocenters. The normalized spacial score (nSPS) is 10.6. The van der Waals surface area contributed by atoms with Crippen molar-refractivity contribution in [1.29, 1.82) is 0 Å². The van der Waals surface area contributed by atoms with E-state index in [-0.39, 0.29) is 0 Å². The Morgan fingerprint density at radius 3 is 1.36 bits per heavy atom. The van der Waals surface area contributed by atoms with Gasteiger partial charge in [0.05, 0.1) is 6.61 Å². The van der Waals surface area contributed by atoms with Crippen LogP contribution in [0.5, 0.6) is 0 Å². The molecule has 0 aliphatic heterocycles. The molecule has 0 saturated heterocycles. The van der Waals surface area contributed by atoms with Crippen molar-refractivity contribution in [3.8, 4) is 22.3 Å². The minimum Gasteiger partial charge on any atom is -0.380 e. The van der Waals surface area contributed by atoms with E-state index < -0.39 is 0 Å². The highest BCUT2D eigenvalue weighted by Crippen LogP contribution is 2.25. The Morgan fingerprint density at radius 2 is 0.955 bits per heavy atom. The van der Waals surface area contributed by atoms with E-state index in [1.165, 1.54) is 33.4 Å². The second-order valence-electron chi connectivity index (χ2n) is 5.57. The van der Waals surface area contributed by atoms with Crippen LogP contribution in [0.3, 0.4) is 0 Å². The van der Waals surface area contributed by atoms with Gasteiger partial charge in [-0.1, -0.05) is 78.4 Å². The molecule has 0 heterocycles. The van der Waals surface area contributed by atoms with E-state index in [4.69, 9.17) is 4.74 Å². The molecule has 110 valence electrons. The van der Waals surface area contributed by atoms with Crippen LogP contribution in [0.15, 0.2) is 72.8 Å². The van der Waals surface area contributed by atoms with Gasteiger partial charge in [-0.05, 0) is 34.7 Å². The van der Waals surface area contributed by atoms with Gasteiger partial charge in [-0.25, -0.2) is 0 Å². The highest BCUT2D eigenvalue weighted by Gasteiger charge is 2.01. The summed E-state index contributed by atoms with van der Waals surface area (Å²) >= 11 is 0. The maximum atomic E-state index is 5.15. The van der Waals surface area contributed by atoms with Gasteiger partial charge < -0.3 is 4.74 Å². The number of ether oxygens (including phenoxy) is 1. The quantitative estimate of drug-likeness (QED) is 0.618. The van der Waals surface area contributed by atoms with E-state index >= 15 is 0 Å². The first kappa shape index (κ1) is 14.6. The van der Waals surface area contributed by atoms with Crippen molar-refractivity contribution < 1.29 is 4.74 Å². The summed E-state index contributed by atoms with van der Waals surface area (Å²) in [4.78, 5) is 0. The Morgan fingerprint density at radius 1 is 0.591 bits per heavy atom. The van der Waals surface area contributed by atoms with Crippen molar-refractivity contribution in [2.24, 2.45) is 0 Å². The lowest BCUT2D eigenvalue weighted by atomic mass is 9.99. The Kier molecular flexibility index (Phi) is 4.36. The lowest BCUT2D eigenvalue weighted by Gasteiger charge is -2.06. The minimum absolute atomic E-state index is 0.659. The average Bonchev–Trinajstić information content (AvgIpc) is 2.57. The predicted molar refractivity (Wildman–Crippen MR) is 92.8 cm³/mol. The van der Waals surface area contributed by atoms with Crippen molar-refractivity contribution in [1.82, 2.24) is 0 Å². The van der Waals surface area contributed by atoms with Gasteiger partial charge in [-0.15, -0.1) is 0 Å². The molecule has 3 rings (SSSR count). The van der Waals surface area contributed by atoms with E-state index in [9.17, 15) is 0 Å². The number of hydrogen-bond donors (Lipinski definition) is 0. The first-order chi connectivity index (χ1) is 10.8. The molecule has 0 aliphatic rings. The second-order valence-corrected chi connectivity index (χ2v) is 5.57. The summed E-state index contributed by atoms with van der Waals surface area (Å²) in [5.74, 6) is 0. The molecule has 0 fully saturated rings. The van der Waals surface area contributed by atoms with Gasteiger partial charge >= 0.3 is 0 Å². The lowest BCUT2D eigenvalue weighted by molar-refractivity contribution is 0.185. The zero-order chi connectivity index (χ0) is 15.4. The number of aryl methyl sites for hydroxylation is 1. The molecule has 0 aromatic heterocycles. The molecule has 0 amide bonds. The number of benzene rings is 3. The van der Waals surface area contributed by atoms with E-state index in [1.54, 1.807) is 7.11 Å². The second kappa shape index (κ2) is 6.59. The van der Waals surface area contributed by atoms with Crippen molar-refractivity contribution in [3.05, 3.63) is 83.9 Å². The minimum atomic E-state index is 0.659. The number of hydrogen-bond acceptors (Lipinski definition) is 1. The third kappa shape index (κ3) is 3.26. The van der Waals surface area contributed by atoms with Crippen LogP contribution in [0.1, 0.15) is 11.1 Å². The smallest absolute Gasteiger partial charge is 0.0713 e. The molecular weight excluding hydrogens is 268 g/mol. The molecule has 0 bridgehead atoms. The van der Waals surface area contributed by atoms with Gasteiger partial charge in [0.15, 0.2) is 0 Å². The average molecular weight is 288 g/mol. The molecule has 0 unspecified atom stereocenters. The maximum absolute atomic E-state index is 5.15. The zero-order valence-electron chi connectivity index (χ0n) is 13.0. The van der Waals surface area contributed by atoms with Gasteiger partial charge in [-0.2, -0.15) is 0 Å². The summed E-state index contributed by atoms with van der Waals surface area (Å²) < 4.78 is 5.15. The fourth-order valence-corrected chi connectivity index (χ4v) is 2.56. The first-order valence-electron chi connectivity index (χ1n) is 7.51. The molecule has 3 aromatic carbocycles. The summed E-state index contributed by atoms with van der Waals surface area (Å²) in [5.41, 5.74) is 7.46. The van der Waals surface area contributed by atoms with Gasteiger partial charge in [0, 0.05) is 7.11 Å². The SMILES string of the molecule is COCc1ccc(-c2ccc(-c3ccc(C)cc3)cc2)cc1. The molecule has 0 N–H and O–H groups in total. The van der Waals surface area contributed by atoms with Crippen LogP contribution in [0.25, 0.3) is 22.3 Å². The summed E-state index contributed by atoms with van der Waals surface area (Å²) in [5, 5.41) is 0. The molecule has 0 saturated carbocycles. The van der Waals surface area contributed by atoms with Crippen molar-refractivity contribution in [2.75, 3.05) is 7.11 Å². The summed E-state index contributed by atoms with van der Waals surface area (Å²) in [6.45, 7) is 2.77. The van der Waals surface area contributed by atoms with Gasteiger partial charge in [0.25, 0.3) is 0 Å². The lowest BCUT2D eigenvalue weighted by Crippen LogP contribution is -1.87. The van der Waals surface area contributed by atoms with E-state index in [1.807, 2.05) is 0 Å². The van der Waals surface area contributed by atoms with Crippen molar-refractivity contribution >= 4 is 0 Å². The van der Waals surface area contributed by atoms with Crippen LogP contribution < -0.4 is 0 Å². The Balaban J connectivity index is 1.83. The summed E-state index contributed by atoms with van der Waals surface area (Å²) in [6.07, 6.45) is 0. The third-order valence-corrected chi connectivity index (χ3v) is 3.87. The van der Waals surface area contributed by atoms with Crippen LogP contribution in [0.2, 0.25) is 0 Å². The van der Waals surface area contributed by atoms with Crippen molar-refractivity contribution in [2.45, 2.75) is 13.5 Å². The van der Waals surface area contributed by atoms with Crippen LogP contribution in [0.4, 0.5) is 0 Å². The molecule has 1 heteroatoms. The number of methoxy groups -OCH3 is 1. The van der Waals surface area contributed by atoms with Gasteiger partial charge in [0.1, 0.15) is 0 Å². The summed E-state index contributed by atoms with van der Waals surface area (Å²) in [6, 6.07) is 25.9. The molecule has 0 aliphatic carbocycles. The molecular formula is C21H20O. The first-order valence-corrected chi connectivity index (χ1v) is 7.51. The summed E-state index contributed by atoms with van der Waals surface area (Å²) in [7, 11) is 1.72. The topological polar surface area (TPSA) is 9.23 Å². The zero-order valence-corrected chi connectivity index (χ0v) is 13.0. The third-order valence-electron chi connectivity index (χ3n) is 3.87. The Bertz CT molecular complexity index is 722. The highest BCUT2D eigenvalue weighted by molar-refractivity contribution is 5.70. The molecule has 0 radical (unpaired) electrons. The van der Waals surface area contributed by atoms with Gasteiger partial charge in [-0.3, -0.25) is 0 Å². The molecule has 22 heavy (non-hydrogen) atoms. The molecule has 3 aromatic rings. The van der Waals surface area contributed by atoms with Crippen LogP contribution >= 0.6 is 0 Å². The number of rotatable bonds is 4. The predicted octanol–water partition coefficient (Wildman–Crippen LogP) is 5.48. The van der Waals surface area contributed by atoms with E-state index in [0.717, 1.165) is 0 Å². The highest BCUT2D eigenvalue weighted by atomic mass is 16.5. The largest absolute Gasteiger partial charge is 0.380 e. The maximum Gasteiger partial charge on any atom is 0.0713 e. The van der Waals surface area contributed by atoms with Crippen LogP contribution in [-0.4, -0.2) is 7.11 Å². The van der Waals surface area contributed by atoms with Gasteiger partial charge in [0.2, 0.25) is 0 Å². The Hall–Kier alpha value is -2.38. The standard InChI is InChI=1S/C21H20O/c1-16-3-7-18(8-4-16)20-11-13-21(14-12-20)19-9-5-17(6-10-19)15-22-2/h3-14H,15H2,1-2H3. The molecule has 1 nitrogen and oxygen atoms in total. The fourth-order valence-electron chi connectivity index (χ4n) is 2.56. The molecule has 0 spiro atoms. The van der Waals surface area contributed by atoms with Crippen LogP contribution in [0, 0.1) is 6.92 Å². The Labute approximate surface area is 132 Å². The van der Waals surface area contributed by atoms with Crippen LogP contribution in [-0.2, 0) is 11.3 Å². The van der Waals surface area contributed by atoms with Crippen molar-refractivity contribution in [3.63, 3.8) is 0 Å². The fraction of sp³-hybridized carbons (Fsp3) is 0.143. The monoisotopic (exact) mass is 288 g/mol. The van der Waals surface area contributed by atoms with E-state index in [2.05, 4.69) is 79.7 Å².